The smallest absolute Gasteiger partial charge is 0.323 e. The van der Waals surface area contributed by atoms with Gasteiger partial charge in [0.1, 0.15) is 23.8 Å². The molecule has 122 valence electrons. The quantitative estimate of drug-likeness (QED) is 0.846. The minimum Gasteiger partial charge on any atom is -0.497 e. The molecule has 2 aromatic carbocycles. The van der Waals surface area contributed by atoms with Crippen LogP contribution in [0.1, 0.15) is 20.7 Å². The maximum Gasteiger partial charge on any atom is 0.323 e. The number of nitrogens with zero attached hydrogens (tertiary/aromatic N) is 1. The minimum atomic E-state index is -1.25. The third kappa shape index (κ3) is 2.79. The number of benzene rings is 2. The lowest BCUT2D eigenvalue weighted by Crippen LogP contribution is -2.34. The average Bonchev–Trinajstić information content (AvgIpc) is 2.80. The molecule has 0 unspecified atom stereocenters. The van der Waals surface area contributed by atoms with Crippen LogP contribution in [0, 0.1) is 0 Å². The van der Waals surface area contributed by atoms with Gasteiger partial charge in [0.05, 0.1) is 18.2 Å². The first-order chi connectivity index (χ1) is 11.5. The second kappa shape index (κ2) is 6.04. The second-order valence-electron chi connectivity index (χ2n) is 5.08. The molecule has 0 aromatic heterocycles. The largest absolute Gasteiger partial charge is 0.497 e. The van der Waals surface area contributed by atoms with Crippen molar-refractivity contribution in [2.45, 2.75) is 0 Å². The molecule has 3 rings (SSSR count). The van der Waals surface area contributed by atoms with E-state index in [0.29, 0.717) is 22.1 Å². The second-order valence-corrected chi connectivity index (χ2v) is 5.08. The summed E-state index contributed by atoms with van der Waals surface area (Å²) in [6.07, 6.45) is 0. The molecule has 24 heavy (non-hydrogen) atoms. The molecule has 0 bridgehead atoms. The van der Waals surface area contributed by atoms with Gasteiger partial charge in [0.25, 0.3) is 11.8 Å². The zero-order valence-electron chi connectivity index (χ0n) is 12.7. The fraction of sp³-hybridized carbons (Fsp3) is 0.118. The van der Waals surface area contributed by atoms with Crippen molar-refractivity contribution < 1.29 is 29.0 Å². The van der Waals surface area contributed by atoms with Crippen molar-refractivity contribution in [3.63, 3.8) is 0 Å². The van der Waals surface area contributed by atoms with Gasteiger partial charge >= 0.3 is 5.97 Å². The number of carboxylic acids is 1. The highest BCUT2D eigenvalue weighted by molar-refractivity contribution is 6.22. The molecule has 1 N–H and O–H groups in total. The highest BCUT2D eigenvalue weighted by atomic mass is 16.5. The lowest BCUT2D eigenvalue weighted by Gasteiger charge is -2.09. The Kier molecular flexibility index (Phi) is 3.91. The van der Waals surface area contributed by atoms with E-state index < -0.39 is 24.3 Å². The number of imide groups is 1. The summed E-state index contributed by atoms with van der Waals surface area (Å²) in [5.74, 6) is -0.918. The van der Waals surface area contributed by atoms with E-state index in [-0.39, 0.29) is 11.1 Å². The topological polar surface area (TPSA) is 93.1 Å². The Balaban J connectivity index is 1.85. The number of aliphatic carboxylic acids is 1. The molecular formula is C17H13NO6. The summed E-state index contributed by atoms with van der Waals surface area (Å²) in [6, 6.07) is 11.3. The molecule has 0 radical (unpaired) electrons. The number of ether oxygens (including phenoxy) is 2. The Bertz CT molecular complexity index is 827. The van der Waals surface area contributed by atoms with Gasteiger partial charge in [-0.1, -0.05) is 0 Å². The Hall–Kier alpha value is -3.35. The molecule has 0 atom stereocenters. The van der Waals surface area contributed by atoms with Crippen LogP contribution in [0.5, 0.6) is 17.2 Å². The van der Waals surface area contributed by atoms with Crippen molar-refractivity contribution in [3.05, 3.63) is 53.6 Å². The van der Waals surface area contributed by atoms with E-state index >= 15 is 0 Å². The lowest BCUT2D eigenvalue weighted by molar-refractivity contribution is -0.137. The first-order valence-electron chi connectivity index (χ1n) is 7.03. The van der Waals surface area contributed by atoms with Crippen molar-refractivity contribution in [1.82, 2.24) is 4.90 Å². The third-order valence-electron chi connectivity index (χ3n) is 3.53. The van der Waals surface area contributed by atoms with Gasteiger partial charge in [0.2, 0.25) is 0 Å². The number of hydrogen-bond acceptors (Lipinski definition) is 5. The van der Waals surface area contributed by atoms with Gasteiger partial charge in [-0.3, -0.25) is 19.3 Å². The van der Waals surface area contributed by atoms with Gasteiger partial charge in [0.15, 0.2) is 0 Å². The highest BCUT2D eigenvalue weighted by Crippen LogP contribution is 2.30. The standard InChI is InChI=1S/C17H13NO6/c1-23-10-2-4-11(5-3-10)24-12-6-7-13-14(8-12)17(22)18(16(13)21)9-15(19)20/h2-8H,9H2,1H3,(H,19,20). The molecule has 0 saturated carbocycles. The number of carboxylic acid groups (broad SMARTS) is 1. The first-order valence-corrected chi connectivity index (χ1v) is 7.03. The van der Waals surface area contributed by atoms with Crippen LogP contribution >= 0.6 is 0 Å². The van der Waals surface area contributed by atoms with Crippen molar-refractivity contribution in [2.24, 2.45) is 0 Å². The van der Waals surface area contributed by atoms with Gasteiger partial charge in [-0.25, -0.2) is 0 Å². The van der Waals surface area contributed by atoms with Crippen molar-refractivity contribution in [1.29, 1.82) is 0 Å². The van der Waals surface area contributed by atoms with Crippen LogP contribution in [0.3, 0.4) is 0 Å². The van der Waals surface area contributed by atoms with Crippen LogP contribution in [0.2, 0.25) is 0 Å². The Morgan fingerprint density at radius 3 is 2.17 bits per heavy atom. The van der Waals surface area contributed by atoms with Gasteiger partial charge in [-0.05, 0) is 42.5 Å². The summed E-state index contributed by atoms with van der Waals surface area (Å²) in [7, 11) is 1.56. The number of fused-ring (bicyclic) bond motifs is 1. The fourth-order valence-corrected chi connectivity index (χ4v) is 2.39. The van der Waals surface area contributed by atoms with E-state index in [9.17, 15) is 14.4 Å². The summed E-state index contributed by atoms with van der Waals surface area (Å²) >= 11 is 0. The molecular weight excluding hydrogens is 314 g/mol. The molecule has 0 aliphatic carbocycles. The van der Waals surface area contributed by atoms with Gasteiger partial charge < -0.3 is 14.6 Å². The lowest BCUT2D eigenvalue weighted by atomic mass is 10.1. The van der Waals surface area contributed by atoms with Crippen LogP contribution in [-0.4, -0.2) is 41.4 Å². The predicted octanol–water partition coefficient (Wildman–Crippen LogP) is 2.17. The van der Waals surface area contributed by atoms with Crippen LogP contribution < -0.4 is 9.47 Å². The highest BCUT2D eigenvalue weighted by Gasteiger charge is 2.36. The fourth-order valence-electron chi connectivity index (χ4n) is 2.39. The number of hydrogen-bond donors (Lipinski definition) is 1. The van der Waals surface area contributed by atoms with E-state index in [1.807, 2.05) is 0 Å². The first kappa shape index (κ1) is 15.5. The Morgan fingerprint density at radius 1 is 0.958 bits per heavy atom. The molecule has 0 spiro atoms. The number of rotatable bonds is 5. The molecule has 7 nitrogen and oxygen atoms in total. The molecule has 2 aromatic rings. The average molecular weight is 327 g/mol. The number of carbonyl (C=O) groups is 3. The molecule has 0 fully saturated rings. The summed E-state index contributed by atoms with van der Waals surface area (Å²) in [4.78, 5) is 35.7. The van der Waals surface area contributed by atoms with Crippen molar-refractivity contribution in [2.75, 3.05) is 13.7 Å². The summed E-state index contributed by atoms with van der Waals surface area (Å²) in [5, 5.41) is 8.80. The maximum absolute atomic E-state index is 12.2. The van der Waals surface area contributed by atoms with E-state index in [1.54, 1.807) is 37.4 Å². The Morgan fingerprint density at radius 2 is 1.54 bits per heavy atom. The summed E-state index contributed by atoms with van der Waals surface area (Å²) < 4.78 is 10.7. The predicted molar refractivity (Wildman–Crippen MR) is 82.5 cm³/mol. The van der Waals surface area contributed by atoms with Crippen LogP contribution in [0.25, 0.3) is 0 Å². The van der Waals surface area contributed by atoms with Crippen LogP contribution in [0.15, 0.2) is 42.5 Å². The molecule has 0 saturated heterocycles. The van der Waals surface area contributed by atoms with Gasteiger partial charge in [-0.2, -0.15) is 0 Å². The molecule has 7 heteroatoms. The van der Waals surface area contributed by atoms with E-state index in [4.69, 9.17) is 14.6 Å². The third-order valence-corrected chi connectivity index (χ3v) is 3.53. The van der Waals surface area contributed by atoms with E-state index in [1.165, 1.54) is 12.1 Å². The van der Waals surface area contributed by atoms with Crippen molar-refractivity contribution >= 4 is 17.8 Å². The van der Waals surface area contributed by atoms with Crippen LogP contribution in [-0.2, 0) is 4.79 Å². The van der Waals surface area contributed by atoms with E-state index in [2.05, 4.69) is 0 Å². The van der Waals surface area contributed by atoms with Crippen LogP contribution in [0.4, 0.5) is 0 Å². The van der Waals surface area contributed by atoms with E-state index in [0.717, 1.165) is 0 Å². The van der Waals surface area contributed by atoms with Crippen molar-refractivity contribution in [3.8, 4) is 17.2 Å². The summed E-state index contributed by atoms with van der Waals surface area (Å²) in [5.41, 5.74) is 0.301. The summed E-state index contributed by atoms with van der Waals surface area (Å²) in [6.45, 7) is -0.666. The number of amides is 2. The minimum absolute atomic E-state index is 0.132. The van der Waals surface area contributed by atoms with Gasteiger partial charge in [-0.15, -0.1) is 0 Å². The normalized spacial score (nSPS) is 13.0. The zero-order valence-corrected chi connectivity index (χ0v) is 12.7. The SMILES string of the molecule is COc1ccc(Oc2ccc3c(c2)C(=O)N(CC(=O)O)C3=O)cc1. The molecule has 2 amide bonds. The number of carbonyl (C=O) groups excluding carboxylic acids is 2. The number of methoxy groups -OCH3 is 1. The maximum atomic E-state index is 12.2. The monoisotopic (exact) mass is 327 g/mol. The Labute approximate surface area is 137 Å². The molecule has 1 aliphatic rings. The zero-order chi connectivity index (χ0) is 17.3. The van der Waals surface area contributed by atoms with Gasteiger partial charge in [0, 0.05) is 0 Å². The molecule has 1 aliphatic heterocycles. The molecule has 1 heterocycles.